The van der Waals surface area contributed by atoms with E-state index >= 15 is 0 Å². The Labute approximate surface area is 165 Å². The Morgan fingerprint density at radius 3 is 2.85 bits per heavy atom. The van der Waals surface area contributed by atoms with Gasteiger partial charge in [-0.2, -0.15) is 0 Å². The first kappa shape index (κ1) is 19.4. The molecule has 0 aliphatic heterocycles. The molecule has 0 spiro atoms. The number of hydrogen-bond acceptors (Lipinski definition) is 6. The Balaban J connectivity index is 2.01. The second-order valence-electron chi connectivity index (χ2n) is 5.80. The number of fused-ring (bicyclic) bond motifs is 1. The van der Waals surface area contributed by atoms with E-state index in [1.54, 1.807) is 10.6 Å². The molecule has 0 aliphatic rings. The van der Waals surface area contributed by atoms with E-state index in [4.69, 9.17) is 4.74 Å². The summed E-state index contributed by atoms with van der Waals surface area (Å²) in [5.74, 6) is -0.191. The van der Waals surface area contributed by atoms with Gasteiger partial charge in [-0.15, -0.1) is 17.9 Å². The molecular formula is C20H20N2O3S2. The highest BCUT2D eigenvalue weighted by Gasteiger charge is 2.17. The van der Waals surface area contributed by atoms with Gasteiger partial charge in [0.25, 0.3) is 5.56 Å². The van der Waals surface area contributed by atoms with Crippen molar-refractivity contribution in [1.82, 2.24) is 9.55 Å². The molecular weight excluding hydrogens is 380 g/mol. The van der Waals surface area contributed by atoms with Gasteiger partial charge >= 0.3 is 5.97 Å². The lowest BCUT2D eigenvalue weighted by Crippen LogP contribution is -2.23. The monoisotopic (exact) mass is 400 g/mol. The molecule has 0 aliphatic carbocycles. The van der Waals surface area contributed by atoms with Crippen LogP contribution in [0.4, 0.5) is 0 Å². The lowest BCUT2D eigenvalue weighted by Gasteiger charge is -2.10. The molecule has 27 heavy (non-hydrogen) atoms. The van der Waals surface area contributed by atoms with Crippen molar-refractivity contribution in [2.75, 3.05) is 12.4 Å². The van der Waals surface area contributed by atoms with Gasteiger partial charge in [-0.3, -0.25) is 14.2 Å². The second kappa shape index (κ2) is 9.01. The summed E-state index contributed by atoms with van der Waals surface area (Å²) in [6, 6.07) is 9.79. The normalized spacial score (nSPS) is 10.9. The third kappa shape index (κ3) is 4.31. The van der Waals surface area contributed by atoms with E-state index in [0.717, 1.165) is 17.5 Å². The zero-order chi connectivity index (χ0) is 19.2. The molecule has 0 unspecified atom stereocenters. The van der Waals surface area contributed by atoms with Crippen LogP contribution in [-0.4, -0.2) is 27.9 Å². The highest BCUT2D eigenvalue weighted by molar-refractivity contribution is 7.99. The van der Waals surface area contributed by atoms with Crippen LogP contribution in [0.2, 0.25) is 0 Å². The van der Waals surface area contributed by atoms with Crippen molar-refractivity contribution in [3.05, 3.63) is 58.7 Å². The standard InChI is InChI=1S/C20H20N2O3S2/c1-3-10-22-19(24)17-15(14-8-6-5-7-9-14)12-26-18(17)21-20(22)27-13-16(23)25-11-4-2/h3,5-9,12H,1,4,10-11,13H2,2H3. The molecule has 0 N–H and O–H groups in total. The number of thioether (sulfide) groups is 1. The number of allylic oxidation sites excluding steroid dienone is 1. The van der Waals surface area contributed by atoms with Crippen molar-refractivity contribution < 1.29 is 9.53 Å². The number of esters is 1. The topological polar surface area (TPSA) is 61.2 Å². The van der Waals surface area contributed by atoms with Crippen molar-refractivity contribution in [1.29, 1.82) is 0 Å². The molecule has 1 aromatic carbocycles. The van der Waals surface area contributed by atoms with E-state index in [9.17, 15) is 9.59 Å². The number of rotatable bonds is 8. The van der Waals surface area contributed by atoms with Crippen LogP contribution in [-0.2, 0) is 16.1 Å². The molecule has 3 rings (SSSR count). The van der Waals surface area contributed by atoms with Crippen LogP contribution in [0.5, 0.6) is 0 Å². The van der Waals surface area contributed by atoms with Crippen molar-refractivity contribution in [2.24, 2.45) is 0 Å². The average Bonchev–Trinajstić information content (AvgIpc) is 3.12. The maximum absolute atomic E-state index is 13.2. The van der Waals surface area contributed by atoms with Crippen LogP contribution in [0.15, 0.2) is 58.3 Å². The van der Waals surface area contributed by atoms with Crippen molar-refractivity contribution in [2.45, 2.75) is 25.0 Å². The van der Waals surface area contributed by atoms with E-state index in [1.807, 2.05) is 42.6 Å². The number of hydrogen-bond donors (Lipinski definition) is 0. The minimum Gasteiger partial charge on any atom is -0.465 e. The van der Waals surface area contributed by atoms with Gasteiger partial charge in [-0.25, -0.2) is 4.98 Å². The van der Waals surface area contributed by atoms with Crippen molar-refractivity contribution >= 4 is 39.3 Å². The average molecular weight is 401 g/mol. The van der Waals surface area contributed by atoms with Crippen LogP contribution in [0.25, 0.3) is 21.3 Å². The molecule has 2 aromatic heterocycles. The Morgan fingerprint density at radius 1 is 1.37 bits per heavy atom. The zero-order valence-electron chi connectivity index (χ0n) is 15.0. The molecule has 5 nitrogen and oxygen atoms in total. The maximum atomic E-state index is 13.2. The molecule has 2 heterocycles. The summed E-state index contributed by atoms with van der Waals surface area (Å²) in [5.41, 5.74) is 1.74. The van der Waals surface area contributed by atoms with Gasteiger partial charge in [-0.05, 0) is 12.0 Å². The van der Waals surface area contributed by atoms with Gasteiger partial charge < -0.3 is 4.74 Å². The SMILES string of the molecule is C=CCn1c(SCC(=O)OCCC)nc2scc(-c3ccccc3)c2c1=O. The predicted molar refractivity (Wildman–Crippen MR) is 111 cm³/mol. The number of carbonyl (C=O) groups is 1. The van der Waals surface area contributed by atoms with Gasteiger partial charge in [-0.1, -0.05) is 55.1 Å². The summed E-state index contributed by atoms with van der Waals surface area (Å²) in [4.78, 5) is 30.3. The number of ether oxygens (including phenoxy) is 1. The van der Waals surface area contributed by atoms with Crippen molar-refractivity contribution in [3.63, 3.8) is 0 Å². The van der Waals surface area contributed by atoms with Crippen LogP contribution < -0.4 is 5.56 Å². The fourth-order valence-corrected chi connectivity index (χ4v) is 4.41. The van der Waals surface area contributed by atoms with Crippen LogP contribution in [0.3, 0.4) is 0 Å². The Morgan fingerprint density at radius 2 is 2.15 bits per heavy atom. The van der Waals surface area contributed by atoms with E-state index in [2.05, 4.69) is 11.6 Å². The van der Waals surface area contributed by atoms with E-state index in [0.29, 0.717) is 28.5 Å². The molecule has 3 aromatic rings. The smallest absolute Gasteiger partial charge is 0.316 e. The first-order chi connectivity index (χ1) is 13.2. The molecule has 140 valence electrons. The Kier molecular flexibility index (Phi) is 6.47. The summed E-state index contributed by atoms with van der Waals surface area (Å²) >= 11 is 2.65. The lowest BCUT2D eigenvalue weighted by atomic mass is 10.1. The van der Waals surface area contributed by atoms with Gasteiger partial charge in [0.2, 0.25) is 0 Å². The predicted octanol–water partition coefficient (Wildman–Crippen LogP) is 4.36. The summed E-state index contributed by atoms with van der Waals surface area (Å²) < 4.78 is 6.66. The number of aromatic nitrogens is 2. The van der Waals surface area contributed by atoms with Gasteiger partial charge in [0.05, 0.1) is 17.7 Å². The summed E-state index contributed by atoms with van der Waals surface area (Å²) in [6.07, 6.45) is 2.43. The third-order valence-corrected chi connectivity index (χ3v) is 5.66. The Bertz CT molecular complexity index is 1010. The number of benzene rings is 1. The van der Waals surface area contributed by atoms with Crippen LogP contribution >= 0.6 is 23.1 Å². The van der Waals surface area contributed by atoms with E-state index in [1.165, 1.54) is 23.1 Å². The molecule has 0 atom stereocenters. The molecule has 0 amide bonds. The third-order valence-electron chi connectivity index (χ3n) is 3.84. The van der Waals surface area contributed by atoms with Gasteiger partial charge in [0.15, 0.2) is 5.16 Å². The zero-order valence-corrected chi connectivity index (χ0v) is 16.6. The minimum absolute atomic E-state index is 0.117. The van der Waals surface area contributed by atoms with Gasteiger partial charge in [0.1, 0.15) is 4.83 Å². The Hall–Kier alpha value is -2.38. The first-order valence-electron chi connectivity index (χ1n) is 8.62. The van der Waals surface area contributed by atoms with Crippen molar-refractivity contribution in [3.8, 4) is 11.1 Å². The lowest BCUT2D eigenvalue weighted by molar-refractivity contribution is -0.140. The summed E-state index contributed by atoms with van der Waals surface area (Å²) in [5, 5.41) is 3.06. The summed E-state index contributed by atoms with van der Waals surface area (Å²) in [6.45, 7) is 6.41. The highest BCUT2D eigenvalue weighted by Crippen LogP contribution is 2.32. The molecule has 7 heteroatoms. The second-order valence-corrected chi connectivity index (χ2v) is 7.60. The quantitative estimate of drug-likeness (QED) is 0.243. The van der Waals surface area contributed by atoms with Crippen LogP contribution in [0, 0.1) is 0 Å². The van der Waals surface area contributed by atoms with E-state index < -0.39 is 0 Å². The molecule has 0 bridgehead atoms. The number of thiophene rings is 1. The van der Waals surface area contributed by atoms with Gasteiger partial charge in [0, 0.05) is 17.5 Å². The molecule has 0 radical (unpaired) electrons. The van der Waals surface area contributed by atoms with E-state index in [-0.39, 0.29) is 17.3 Å². The fraction of sp³-hybridized carbons (Fsp3) is 0.250. The largest absolute Gasteiger partial charge is 0.465 e. The number of nitrogens with zero attached hydrogens (tertiary/aromatic N) is 2. The molecule has 0 fully saturated rings. The molecule has 0 saturated carbocycles. The summed E-state index contributed by atoms with van der Waals surface area (Å²) in [7, 11) is 0. The highest BCUT2D eigenvalue weighted by atomic mass is 32.2. The first-order valence-corrected chi connectivity index (χ1v) is 10.5. The molecule has 0 saturated heterocycles. The maximum Gasteiger partial charge on any atom is 0.316 e. The number of carbonyl (C=O) groups excluding carboxylic acids is 1. The fourth-order valence-electron chi connectivity index (χ4n) is 2.62. The minimum atomic E-state index is -0.308. The van der Waals surface area contributed by atoms with Crippen LogP contribution in [0.1, 0.15) is 13.3 Å².